The first kappa shape index (κ1) is 20.5. The number of thiocarbonyl (C=S) groups is 1. The van der Waals surface area contributed by atoms with Gasteiger partial charge in [-0.15, -0.1) is 0 Å². The van der Waals surface area contributed by atoms with Gasteiger partial charge < -0.3 is 25.0 Å². The van der Waals surface area contributed by atoms with Gasteiger partial charge in [0.05, 0.1) is 0 Å². The fourth-order valence-corrected chi connectivity index (χ4v) is 4.02. The number of ether oxygens (including phenoxy) is 2. The number of carbonyl (C=O) groups excluding carboxylic acids is 1. The largest absolute Gasteiger partial charge is 0.454 e. The molecule has 0 atom stereocenters. The molecule has 0 radical (unpaired) electrons. The molecule has 0 spiro atoms. The second-order valence-electron chi connectivity index (χ2n) is 8.03. The van der Waals surface area contributed by atoms with E-state index in [9.17, 15) is 4.79 Å². The van der Waals surface area contributed by atoms with E-state index in [4.69, 9.17) is 21.7 Å². The molecule has 6 nitrogen and oxygen atoms in total. The Hall–Kier alpha value is -2.80. The molecule has 0 aromatic heterocycles. The van der Waals surface area contributed by atoms with Crippen molar-refractivity contribution >= 4 is 34.6 Å². The summed E-state index contributed by atoms with van der Waals surface area (Å²) in [5.41, 5.74) is 3.03. The van der Waals surface area contributed by atoms with Gasteiger partial charge in [-0.05, 0) is 60.8 Å². The van der Waals surface area contributed by atoms with Crippen LogP contribution < -0.4 is 20.1 Å². The standard InChI is InChI=1S/C23H27N3O3S/c1-15(2)16-3-5-18(6-4-16)25-23(30)26-11-9-17(10-12-26)22(27)24-19-7-8-20-21(13-19)29-14-28-20/h3-8,13,15,17H,9-12,14H2,1-2H3,(H,24,27)(H,25,30). The Balaban J connectivity index is 1.26. The molecule has 7 heteroatoms. The number of hydrogen-bond donors (Lipinski definition) is 2. The van der Waals surface area contributed by atoms with Crippen LogP contribution in [-0.2, 0) is 4.79 Å². The number of anilines is 2. The summed E-state index contributed by atoms with van der Waals surface area (Å²) in [7, 11) is 0. The van der Waals surface area contributed by atoms with E-state index < -0.39 is 0 Å². The average molecular weight is 426 g/mol. The van der Waals surface area contributed by atoms with E-state index in [1.54, 1.807) is 6.07 Å². The summed E-state index contributed by atoms with van der Waals surface area (Å²) >= 11 is 5.58. The maximum absolute atomic E-state index is 12.7. The molecule has 2 aromatic rings. The topological polar surface area (TPSA) is 62.8 Å². The van der Waals surface area contributed by atoms with Gasteiger partial charge in [0.1, 0.15) is 0 Å². The quantitative estimate of drug-likeness (QED) is 0.699. The van der Waals surface area contributed by atoms with Gasteiger partial charge in [0, 0.05) is 36.4 Å². The highest BCUT2D eigenvalue weighted by atomic mass is 32.1. The Morgan fingerprint density at radius 2 is 1.67 bits per heavy atom. The molecule has 1 fully saturated rings. The lowest BCUT2D eigenvalue weighted by molar-refractivity contribution is -0.120. The number of benzene rings is 2. The van der Waals surface area contributed by atoms with Gasteiger partial charge in [0.2, 0.25) is 12.7 Å². The molecule has 30 heavy (non-hydrogen) atoms. The SMILES string of the molecule is CC(C)c1ccc(NC(=S)N2CCC(C(=O)Nc3ccc4c(c3)OCO4)CC2)cc1. The summed E-state index contributed by atoms with van der Waals surface area (Å²) in [5.74, 6) is 1.90. The molecule has 2 aliphatic heterocycles. The van der Waals surface area contributed by atoms with Gasteiger partial charge in [0.15, 0.2) is 16.6 Å². The molecule has 0 saturated carbocycles. The van der Waals surface area contributed by atoms with E-state index in [0.29, 0.717) is 22.5 Å². The zero-order chi connectivity index (χ0) is 21.1. The number of likely N-dealkylation sites (tertiary alicyclic amines) is 1. The molecule has 2 aromatic carbocycles. The van der Waals surface area contributed by atoms with Crippen molar-refractivity contribution in [2.24, 2.45) is 5.92 Å². The first-order valence-corrected chi connectivity index (χ1v) is 10.8. The third kappa shape index (κ3) is 4.67. The summed E-state index contributed by atoms with van der Waals surface area (Å²) in [6.07, 6.45) is 1.54. The van der Waals surface area contributed by atoms with Crippen LogP contribution >= 0.6 is 12.2 Å². The molecule has 1 saturated heterocycles. The van der Waals surface area contributed by atoms with E-state index in [0.717, 1.165) is 37.3 Å². The van der Waals surface area contributed by atoms with Crippen LogP contribution in [0.2, 0.25) is 0 Å². The van der Waals surface area contributed by atoms with Crippen molar-refractivity contribution in [1.82, 2.24) is 4.90 Å². The normalized spacial score (nSPS) is 15.9. The Morgan fingerprint density at radius 1 is 1.00 bits per heavy atom. The van der Waals surface area contributed by atoms with Crippen molar-refractivity contribution < 1.29 is 14.3 Å². The highest BCUT2D eigenvalue weighted by Crippen LogP contribution is 2.34. The minimum Gasteiger partial charge on any atom is -0.454 e. The Bertz CT molecular complexity index is 922. The minimum absolute atomic E-state index is 0.0280. The minimum atomic E-state index is -0.0280. The number of nitrogens with one attached hydrogen (secondary N) is 2. The Kier molecular flexibility index (Phi) is 6.08. The third-order valence-corrected chi connectivity index (χ3v) is 5.98. The smallest absolute Gasteiger partial charge is 0.231 e. The fourth-order valence-electron chi connectivity index (χ4n) is 3.72. The number of hydrogen-bond acceptors (Lipinski definition) is 4. The van der Waals surface area contributed by atoms with Crippen LogP contribution in [0.1, 0.15) is 38.2 Å². The highest BCUT2D eigenvalue weighted by molar-refractivity contribution is 7.80. The van der Waals surface area contributed by atoms with Crippen LogP contribution in [0.5, 0.6) is 11.5 Å². The number of piperidine rings is 1. The molecular formula is C23H27N3O3S. The van der Waals surface area contributed by atoms with Crippen LogP contribution in [0.15, 0.2) is 42.5 Å². The maximum atomic E-state index is 12.7. The predicted octanol–water partition coefficient (Wildman–Crippen LogP) is 4.59. The maximum Gasteiger partial charge on any atom is 0.231 e. The first-order valence-electron chi connectivity index (χ1n) is 10.4. The molecule has 158 valence electrons. The number of amides is 1. The highest BCUT2D eigenvalue weighted by Gasteiger charge is 2.26. The van der Waals surface area contributed by atoms with Crippen molar-refractivity contribution in [3.8, 4) is 11.5 Å². The zero-order valence-corrected chi connectivity index (χ0v) is 18.1. The van der Waals surface area contributed by atoms with Crippen molar-refractivity contribution in [1.29, 1.82) is 0 Å². The molecule has 1 amide bonds. The molecule has 4 rings (SSSR count). The van der Waals surface area contributed by atoms with E-state index in [1.165, 1.54) is 5.56 Å². The summed E-state index contributed by atoms with van der Waals surface area (Å²) < 4.78 is 10.7. The molecule has 0 unspecified atom stereocenters. The van der Waals surface area contributed by atoms with Crippen LogP contribution in [0.3, 0.4) is 0 Å². The zero-order valence-electron chi connectivity index (χ0n) is 17.3. The van der Waals surface area contributed by atoms with Crippen molar-refractivity contribution in [3.05, 3.63) is 48.0 Å². The van der Waals surface area contributed by atoms with Gasteiger partial charge in [0.25, 0.3) is 0 Å². The number of nitrogens with zero attached hydrogens (tertiary/aromatic N) is 1. The van der Waals surface area contributed by atoms with Crippen molar-refractivity contribution in [2.45, 2.75) is 32.6 Å². The number of rotatable bonds is 4. The van der Waals surface area contributed by atoms with Gasteiger partial charge >= 0.3 is 0 Å². The second-order valence-corrected chi connectivity index (χ2v) is 8.41. The van der Waals surface area contributed by atoms with E-state index in [2.05, 4.69) is 53.6 Å². The van der Waals surface area contributed by atoms with Gasteiger partial charge in [-0.3, -0.25) is 4.79 Å². The van der Waals surface area contributed by atoms with E-state index in [1.807, 2.05) is 12.1 Å². The molecule has 2 heterocycles. The molecule has 0 bridgehead atoms. The first-order chi connectivity index (χ1) is 14.5. The fraction of sp³-hybridized carbons (Fsp3) is 0.391. The molecular weight excluding hydrogens is 398 g/mol. The number of carbonyl (C=O) groups is 1. The van der Waals surface area contributed by atoms with Crippen LogP contribution in [-0.4, -0.2) is 35.8 Å². The molecule has 2 aliphatic rings. The summed E-state index contributed by atoms with van der Waals surface area (Å²) in [6.45, 7) is 6.10. The Morgan fingerprint density at radius 3 is 2.37 bits per heavy atom. The lowest BCUT2D eigenvalue weighted by Gasteiger charge is -2.33. The van der Waals surface area contributed by atoms with E-state index in [-0.39, 0.29) is 18.6 Å². The molecule has 2 N–H and O–H groups in total. The summed E-state index contributed by atoms with van der Waals surface area (Å²) in [5, 5.41) is 7.02. The van der Waals surface area contributed by atoms with Crippen LogP contribution in [0.4, 0.5) is 11.4 Å². The lowest BCUT2D eigenvalue weighted by Crippen LogP contribution is -2.43. The van der Waals surface area contributed by atoms with Gasteiger partial charge in [-0.1, -0.05) is 26.0 Å². The summed E-state index contributed by atoms with van der Waals surface area (Å²) in [4.78, 5) is 14.8. The van der Waals surface area contributed by atoms with Crippen LogP contribution in [0, 0.1) is 5.92 Å². The molecule has 0 aliphatic carbocycles. The predicted molar refractivity (Wildman–Crippen MR) is 122 cm³/mol. The third-order valence-electron chi connectivity index (χ3n) is 5.62. The monoisotopic (exact) mass is 425 g/mol. The lowest BCUT2D eigenvalue weighted by atomic mass is 9.96. The van der Waals surface area contributed by atoms with Gasteiger partial charge in [-0.2, -0.15) is 0 Å². The second kappa shape index (κ2) is 8.92. The Labute approximate surface area is 182 Å². The van der Waals surface area contributed by atoms with Crippen molar-refractivity contribution in [2.75, 3.05) is 30.5 Å². The van der Waals surface area contributed by atoms with Crippen LogP contribution in [0.25, 0.3) is 0 Å². The van der Waals surface area contributed by atoms with Gasteiger partial charge in [-0.25, -0.2) is 0 Å². The summed E-state index contributed by atoms with van der Waals surface area (Å²) in [6, 6.07) is 13.8. The van der Waals surface area contributed by atoms with Crippen molar-refractivity contribution in [3.63, 3.8) is 0 Å². The number of fused-ring (bicyclic) bond motifs is 1. The van der Waals surface area contributed by atoms with E-state index >= 15 is 0 Å². The average Bonchev–Trinajstić information content (AvgIpc) is 3.22.